The minimum atomic E-state index is 0.585. The summed E-state index contributed by atoms with van der Waals surface area (Å²) in [6.45, 7) is 6.52. The number of nitrogens with zero attached hydrogens (tertiary/aromatic N) is 2. The van der Waals surface area contributed by atoms with Crippen LogP contribution in [0.3, 0.4) is 0 Å². The van der Waals surface area contributed by atoms with E-state index in [-0.39, 0.29) is 0 Å². The van der Waals surface area contributed by atoms with Crippen LogP contribution < -0.4 is 5.32 Å². The van der Waals surface area contributed by atoms with Crippen LogP contribution in [0.5, 0.6) is 0 Å². The van der Waals surface area contributed by atoms with E-state index in [4.69, 9.17) is 4.52 Å². The number of anilines is 1. The predicted molar refractivity (Wildman–Crippen MR) is 62.3 cm³/mol. The van der Waals surface area contributed by atoms with Gasteiger partial charge in [-0.3, -0.25) is 0 Å². The van der Waals surface area contributed by atoms with Gasteiger partial charge in [0.15, 0.2) is 5.82 Å². The predicted octanol–water partition coefficient (Wildman–Crippen LogP) is 2.61. The molecule has 0 unspecified atom stereocenters. The number of rotatable bonds is 3. The highest BCUT2D eigenvalue weighted by Crippen LogP contribution is 2.16. The van der Waals surface area contributed by atoms with E-state index in [2.05, 4.69) is 47.5 Å². The summed E-state index contributed by atoms with van der Waals surface area (Å²) < 4.78 is 4.91. The van der Waals surface area contributed by atoms with Gasteiger partial charge in [-0.15, -0.1) is 0 Å². The molecule has 0 atom stereocenters. The monoisotopic (exact) mass is 217 g/mol. The Morgan fingerprint density at radius 3 is 2.75 bits per heavy atom. The Morgan fingerprint density at radius 1 is 1.25 bits per heavy atom. The van der Waals surface area contributed by atoms with Gasteiger partial charge in [-0.1, -0.05) is 17.3 Å². The molecule has 2 aromatic rings. The molecular weight excluding hydrogens is 202 g/mol. The van der Waals surface area contributed by atoms with Gasteiger partial charge in [0.25, 0.3) is 0 Å². The summed E-state index contributed by atoms with van der Waals surface area (Å²) >= 11 is 0. The molecule has 0 spiro atoms. The molecule has 0 aliphatic heterocycles. The fraction of sp³-hybridized carbons (Fsp3) is 0.333. The third-order valence-electron chi connectivity index (χ3n) is 2.40. The van der Waals surface area contributed by atoms with Crippen molar-refractivity contribution in [2.24, 2.45) is 0 Å². The topological polar surface area (TPSA) is 51.0 Å². The lowest BCUT2D eigenvalue weighted by molar-refractivity contribution is 0.388. The van der Waals surface area contributed by atoms with Crippen molar-refractivity contribution < 1.29 is 4.52 Å². The van der Waals surface area contributed by atoms with Crippen LogP contribution in [0.15, 0.2) is 22.7 Å². The van der Waals surface area contributed by atoms with Crippen molar-refractivity contribution in [3.63, 3.8) is 0 Å². The van der Waals surface area contributed by atoms with E-state index < -0.39 is 0 Å². The van der Waals surface area contributed by atoms with Crippen molar-refractivity contribution in [1.29, 1.82) is 0 Å². The summed E-state index contributed by atoms with van der Waals surface area (Å²) in [4.78, 5) is 4.14. The van der Waals surface area contributed by atoms with Gasteiger partial charge in [-0.05, 0) is 31.0 Å². The van der Waals surface area contributed by atoms with Crippen molar-refractivity contribution >= 4 is 5.69 Å². The smallest absolute Gasteiger partial charge is 0.223 e. The summed E-state index contributed by atoms with van der Waals surface area (Å²) in [6.07, 6.45) is 0. The van der Waals surface area contributed by atoms with Gasteiger partial charge >= 0.3 is 0 Å². The van der Waals surface area contributed by atoms with E-state index in [1.807, 2.05) is 0 Å². The maximum atomic E-state index is 4.91. The molecule has 0 fully saturated rings. The van der Waals surface area contributed by atoms with E-state index in [0.29, 0.717) is 18.3 Å². The molecular formula is C12H15N3O. The summed E-state index contributed by atoms with van der Waals surface area (Å²) in [6, 6.07) is 6.31. The van der Waals surface area contributed by atoms with Crippen molar-refractivity contribution in [3.05, 3.63) is 41.0 Å². The highest BCUT2D eigenvalue weighted by Gasteiger charge is 2.03. The lowest BCUT2D eigenvalue weighted by Crippen LogP contribution is -2.02. The Bertz CT molecular complexity index is 491. The minimum absolute atomic E-state index is 0.585. The Hall–Kier alpha value is -1.84. The minimum Gasteiger partial charge on any atom is -0.377 e. The summed E-state index contributed by atoms with van der Waals surface area (Å²) in [5.74, 6) is 1.27. The van der Waals surface area contributed by atoms with Gasteiger partial charge in [-0.2, -0.15) is 4.98 Å². The Morgan fingerprint density at radius 2 is 2.06 bits per heavy atom. The van der Waals surface area contributed by atoms with Gasteiger partial charge in [0, 0.05) is 12.6 Å². The highest BCUT2D eigenvalue weighted by molar-refractivity contribution is 5.52. The van der Waals surface area contributed by atoms with Crippen LogP contribution in [-0.4, -0.2) is 10.1 Å². The quantitative estimate of drug-likeness (QED) is 0.858. The number of benzene rings is 1. The van der Waals surface area contributed by atoms with Crippen LogP contribution in [0.25, 0.3) is 0 Å². The molecule has 16 heavy (non-hydrogen) atoms. The molecule has 0 aliphatic carbocycles. The van der Waals surface area contributed by atoms with E-state index in [1.54, 1.807) is 6.92 Å². The van der Waals surface area contributed by atoms with E-state index in [1.165, 1.54) is 11.1 Å². The molecule has 4 heteroatoms. The average Bonchev–Trinajstić information content (AvgIpc) is 2.66. The Balaban J connectivity index is 2.07. The van der Waals surface area contributed by atoms with Gasteiger partial charge in [0.05, 0.1) is 6.54 Å². The van der Waals surface area contributed by atoms with Crippen molar-refractivity contribution in [1.82, 2.24) is 10.1 Å². The number of aromatic nitrogens is 2. The van der Waals surface area contributed by atoms with Crippen molar-refractivity contribution in [3.8, 4) is 0 Å². The van der Waals surface area contributed by atoms with Crippen LogP contribution in [0.4, 0.5) is 5.69 Å². The Labute approximate surface area is 94.7 Å². The zero-order chi connectivity index (χ0) is 11.5. The standard InChI is InChI=1S/C12H15N3O/c1-8-4-5-9(2)11(6-8)13-7-12-14-10(3)16-15-12/h4-6,13H,7H2,1-3H3. The molecule has 0 saturated heterocycles. The molecule has 0 aliphatic rings. The maximum absolute atomic E-state index is 4.91. The molecule has 0 radical (unpaired) electrons. The number of aryl methyl sites for hydroxylation is 3. The van der Waals surface area contributed by atoms with Crippen molar-refractivity contribution in [2.75, 3.05) is 5.32 Å². The normalized spacial score (nSPS) is 10.4. The lowest BCUT2D eigenvalue weighted by atomic mass is 10.1. The van der Waals surface area contributed by atoms with Crippen LogP contribution >= 0.6 is 0 Å². The average molecular weight is 217 g/mol. The number of hydrogen-bond acceptors (Lipinski definition) is 4. The summed E-state index contributed by atoms with van der Waals surface area (Å²) in [5.41, 5.74) is 3.56. The molecule has 0 saturated carbocycles. The fourth-order valence-corrected chi connectivity index (χ4v) is 1.51. The molecule has 84 valence electrons. The molecule has 4 nitrogen and oxygen atoms in total. The lowest BCUT2D eigenvalue weighted by Gasteiger charge is -2.08. The second-order valence-electron chi connectivity index (χ2n) is 3.90. The largest absolute Gasteiger partial charge is 0.377 e. The number of nitrogens with one attached hydrogen (secondary N) is 1. The molecule has 1 heterocycles. The molecule has 1 aromatic heterocycles. The van der Waals surface area contributed by atoms with Crippen LogP contribution in [-0.2, 0) is 6.54 Å². The van der Waals surface area contributed by atoms with Gasteiger partial charge < -0.3 is 9.84 Å². The zero-order valence-corrected chi connectivity index (χ0v) is 9.74. The fourth-order valence-electron chi connectivity index (χ4n) is 1.51. The van der Waals surface area contributed by atoms with Crippen LogP contribution in [0.1, 0.15) is 22.8 Å². The highest BCUT2D eigenvalue weighted by atomic mass is 16.5. The SMILES string of the molecule is Cc1ccc(C)c(NCc2noc(C)n2)c1. The van der Waals surface area contributed by atoms with Gasteiger partial charge in [0.2, 0.25) is 5.89 Å². The molecule has 0 amide bonds. The third kappa shape index (κ3) is 2.39. The van der Waals surface area contributed by atoms with Crippen molar-refractivity contribution in [2.45, 2.75) is 27.3 Å². The third-order valence-corrected chi connectivity index (χ3v) is 2.40. The summed E-state index contributed by atoms with van der Waals surface area (Å²) in [5, 5.41) is 7.13. The van der Waals surface area contributed by atoms with E-state index in [9.17, 15) is 0 Å². The van der Waals surface area contributed by atoms with Gasteiger partial charge in [-0.25, -0.2) is 0 Å². The maximum Gasteiger partial charge on any atom is 0.223 e. The molecule has 2 rings (SSSR count). The van der Waals surface area contributed by atoms with E-state index >= 15 is 0 Å². The van der Waals surface area contributed by atoms with E-state index in [0.717, 1.165) is 5.69 Å². The zero-order valence-electron chi connectivity index (χ0n) is 9.74. The Kier molecular flexibility index (Phi) is 2.90. The first-order valence-electron chi connectivity index (χ1n) is 5.25. The molecule has 1 N–H and O–H groups in total. The number of hydrogen-bond donors (Lipinski definition) is 1. The van der Waals surface area contributed by atoms with Crippen LogP contribution in [0.2, 0.25) is 0 Å². The van der Waals surface area contributed by atoms with Gasteiger partial charge in [0.1, 0.15) is 0 Å². The first-order valence-corrected chi connectivity index (χ1v) is 5.25. The molecule has 1 aromatic carbocycles. The summed E-state index contributed by atoms with van der Waals surface area (Å²) in [7, 11) is 0. The van der Waals surface area contributed by atoms with Crippen LogP contribution in [0, 0.1) is 20.8 Å². The second-order valence-corrected chi connectivity index (χ2v) is 3.90. The first-order chi connectivity index (χ1) is 7.65. The second kappa shape index (κ2) is 4.35. The first kappa shape index (κ1) is 10.7. The molecule has 0 bridgehead atoms.